The number of esters is 1. The van der Waals surface area contributed by atoms with E-state index in [-0.39, 0.29) is 24.5 Å². The minimum atomic E-state index is -0.918. The highest BCUT2D eigenvalue weighted by atomic mass is 16.5. The van der Waals surface area contributed by atoms with Crippen LogP contribution in [0.5, 0.6) is 0 Å². The van der Waals surface area contributed by atoms with Crippen molar-refractivity contribution in [3.8, 4) is 0 Å². The van der Waals surface area contributed by atoms with E-state index in [2.05, 4.69) is 5.32 Å². The molecule has 30 heavy (non-hydrogen) atoms. The Balaban J connectivity index is 2.00. The molecule has 0 aliphatic carbocycles. The number of nitrogens with one attached hydrogen (secondary N) is 1. The topological polar surface area (TPSA) is 75.7 Å². The molecule has 0 radical (unpaired) electrons. The highest BCUT2D eigenvalue weighted by Gasteiger charge is 2.40. The van der Waals surface area contributed by atoms with E-state index in [9.17, 15) is 14.4 Å². The molecule has 1 aliphatic rings. The normalized spacial score (nSPS) is 16.5. The third-order valence-corrected chi connectivity index (χ3v) is 5.09. The summed E-state index contributed by atoms with van der Waals surface area (Å²) in [5, 5.41) is 2.83. The van der Waals surface area contributed by atoms with Crippen molar-refractivity contribution in [2.45, 2.75) is 34.1 Å². The second kappa shape index (κ2) is 8.95. The van der Waals surface area contributed by atoms with Gasteiger partial charge in [0.25, 0.3) is 0 Å². The number of carbonyl (C=O) groups excluding carboxylic acids is 3. The van der Waals surface area contributed by atoms with Gasteiger partial charge >= 0.3 is 5.97 Å². The van der Waals surface area contributed by atoms with Crippen LogP contribution < -0.4 is 10.2 Å². The SMILES string of the molecule is CCOC(=O)C1=C(C)N(c2ccc(C)cc2)C(=O)C[C@H]1C(=O)Nc1cccc(C)c1. The third-order valence-electron chi connectivity index (χ3n) is 5.09. The largest absolute Gasteiger partial charge is 0.463 e. The number of amides is 2. The maximum atomic E-state index is 13.1. The Morgan fingerprint density at radius 1 is 1.07 bits per heavy atom. The Morgan fingerprint density at radius 3 is 2.40 bits per heavy atom. The molecule has 0 aromatic heterocycles. The molecule has 0 bridgehead atoms. The minimum Gasteiger partial charge on any atom is -0.463 e. The smallest absolute Gasteiger partial charge is 0.336 e. The molecule has 0 saturated heterocycles. The van der Waals surface area contributed by atoms with Crippen molar-refractivity contribution in [1.82, 2.24) is 0 Å². The monoisotopic (exact) mass is 406 g/mol. The molecule has 2 amide bonds. The maximum absolute atomic E-state index is 13.1. The van der Waals surface area contributed by atoms with Crippen LogP contribution in [-0.2, 0) is 19.1 Å². The average molecular weight is 406 g/mol. The zero-order valence-corrected chi connectivity index (χ0v) is 17.7. The molecule has 0 saturated carbocycles. The number of hydrogen-bond acceptors (Lipinski definition) is 4. The first kappa shape index (κ1) is 21.3. The second-order valence-electron chi connectivity index (χ2n) is 7.40. The van der Waals surface area contributed by atoms with E-state index in [4.69, 9.17) is 4.74 Å². The molecule has 6 nitrogen and oxygen atoms in total. The quantitative estimate of drug-likeness (QED) is 0.758. The summed E-state index contributed by atoms with van der Waals surface area (Å²) in [4.78, 5) is 40.3. The molecule has 2 aromatic rings. The van der Waals surface area contributed by atoms with E-state index in [1.54, 1.807) is 19.9 Å². The molecule has 2 aromatic carbocycles. The fourth-order valence-corrected chi connectivity index (χ4v) is 3.63. The summed E-state index contributed by atoms with van der Waals surface area (Å²) in [6.07, 6.45) is -0.114. The van der Waals surface area contributed by atoms with Crippen LogP contribution in [-0.4, -0.2) is 24.4 Å². The molecule has 6 heteroatoms. The lowest BCUT2D eigenvalue weighted by Crippen LogP contribution is -2.43. The van der Waals surface area contributed by atoms with Crippen LogP contribution >= 0.6 is 0 Å². The predicted molar refractivity (Wildman–Crippen MR) is 116 cm³/mol. The Kier molecular flexibility index (Phi) is 6.35. The maximum Gasteiger partial charge on any atom is 0.336 e. The molecule has 0 spiro atoms. The summed E-state index contributed by atoms with van der Waals surface area (Å²) >= 11 is 0. The molecule has 0 unspecified atom stereocenters. The van der Waals surface area contributed by atoms with Crippen LogP contribution in [0.3, 0.4) is 0 Å². The highest BCUT2D eigenvalue weighted by molar-refractivity contribution is 6.10. The van der Waals surface area contributed by atoms with Crippen molar-refractivity contribution in [2.24, 2.45) is 5.92 Å². The number of nitrogens with zero attached hydrogens (tertiary/aromatic N) is 1. The van der Waals surface area contributed by atoms with Gasteiger partial charge in [0.2, 0.25) is 11.8 Å². The lowest BCUT2D eigenvalue weighted by atomic mass is 9.88. The zero-order chi connectivity index (χ0) is 21.8. The van der Waals surface area contributed by atoms with Gasteiger partial charge in [0.1, 0.15) is 0 Å². The van der Waals surface area contributed by atoms with E-state index in [0.29, 0.717) is 17.1 Å². The van der Waals surface area contributed by atoms with E-state index in [1.807, 2.05) is 56.3 Å². The van der Waals surface area contributed by atoms with Gasteiger partial charge in [0.05, 0.1) is 18.1 Å². The molecule has 3 rings (SSSR count). The van der Waals surface area contributed by atoms with Crippen molar-refractivity contribution in [3.63, 3.8) is 0 Å². The molecule has 0 fully saturated rings. The van der Waals surface area contributed by atoms with E-state index < -0.39 is 17.8 Å². The lowest BCUT2D eigenvalue weighted by molar-refractivity contribution is -0.141. The lowest BCUT2D eigenvalue weighted by Gasteiger charge is -2.33. The van der Waals surface area contributed by atoms with Crippen molar-refractivity contribution in [3.05, 3.63) is 70.9 Å². The molecular formula is C24H26N2O4. The minimum absolute atomic E-state index is 0.114. The first-order chi connectivity index (χ1) is 14.3. The van der Waals surface area contributed by atoms with Gasteiger partial charge in [-0.25, -0.2) is 4.79 Å². The molecule has 1 aliphatic heterocycles. The van der Waals surface area contributed by atoms with Gasteiger partial charge in [0.15, 0.2) is 0 Å². The van der Waals surface area contributed by atoms with E-state index in [1.165, 1.54) is 4.90 Å². The Morgan fingerprint density at radius 2 is 1.77 bits per heavy atom. The van der Waals surface area contributed by atoms with Gasteiger partial charge in [0, 0.05) is 23.5 Å². The fraction of sp³-hybridized carbons (Fsp3) is 0.292. The van der Waals surface area contributed by atoms with Crippen molar-refractivity contribution in [1.29, 1.82) is 0 Å². The first-order valence-corrected chi connectivity index (χ1v) is 9.96. The first-order valence-electron chi connectivity index (χ1n) is 9.96. The van der Waals surface area contributed by atoms with Crippen LogP contribution in [0.1, 0.15) is 31.4 Å². The molecule has 1 heterocycles. The number of aryl methyl sites for hydroxylation is 2. The number of rotatable bonds is 5. The zero-order valence-electron chi connectivity index (χ0n) is 17.7. The van der Waals surface area contributed by atoms with E-state index >= 15 is 0 Å². The predicted octanol–water partition coefficient (Wildman–Crippen LogP) is 4.13. The van der Waals surface area contributed by atoms with Gasteiger partial charge in [-0.05, 0) is 57.5 Å². The van der Waals surface area contributed by atoms with Crippen molar-refractivity contribution < 1.29 is 19.1 Å². The fourth-order valence-electron chi connectivity index (χ4n) is 3.63. The molecule has 1 atom stereocenters. The van der Waals surface area contributed by atoms with Gasteiger partial charge < -0.3 is 10.1 Å². The van der Waals surface area contributed by atoms with Crippen LogP contribution in [0.25, 0.3) is 0 Å². The summed E-state index contributed by atoms with van der Waals surface area (Å²) in [7, 11) is 0. The summed E-state index contributed by atoms with van der Waals surface area (Å²) in [5.74, 6) is -2.14. The number of hydrogen-bond donors (Lipinski definition) is 1. The van der Waals surface area contributed by atoms with Crippen LogP contribution in [0.15, 0.2) is 59.8 Å². The van der Waals surface area contributed by atoms with Crippen LogP contribution in [0.2, 0.25) is 0 Å². The Labute approximate surface area is 176 Å². The number of ether oxygens (including phenoxy) is 1. The molecule has 156 valence electrons. The van der Waals surface area contributed by atoms with Crippen LogP contribution in [0.4, 0.5) is 11.4 Å². The summed E-state index contributed by atoms with van der Waals surface area (Å²) in [5.41, 5.74) is 3.96. The van der Waals surface area contributed by atoms with Crippen molar-refractivity contribution >= 4 is 29.2 Å². The average Bonchev–Trinajstić information content (AvgIpc) is 2.69. The van der Waals surface area contributed by atoms with Gasteiger partial charge in [-0.1, -0.05) is 29.8 Å². The summed E-state index contributed by atoms with van der Waals surface area (Å²) < 4.78 is 5.23. The Bertz CT molecular complexity index is 1010. The third kappa shape index (κ3) is 4.43. The number of anilines is 2. The van der Waals surface area contributed by atoms with Crippen LogP contribution in [0, 0.1) is 19.8 Å². The van der Waals surface area contributed by atoms with Gasteiger partial charge in [-0.3, -0.25) is 14.5 Å². The molecular weight excluding hydrogens is 380 g/mol. The number of benzene rings is 2. The highest BCUT2D eigenvalue weighted by Crippen LogP contribution is 2.34. The van der Waals surface area contributed by atoms with Crippen molar-refractivity contribution in [2.75, 3.05) is 16.8 Å². The number of allylic oxidation sites excluding steroid dienone is 1. The Hall–Kier alpha value is -3.41. The summed E-state index contributed by atoms with van der Waals surface area (Å²) in [6, 6.07) is 14.8. The second-order valence-corrected chi connectivity index (χ2v) is 7.40. The van der Waals surface area contributed by atoms with Gasteiger partial charge in [-0.15, -0.1) is 0 Å². The van der Waals surface area contributed by atoms with E-state index in [0.717, 1.165) is 11.1 Å². The van der Waals surface area contributed by atoms with Gasteiger partial charge in [-0.2, -0.15) is 0 Å². The standard InChI is InChI=1S/C24H26N2O4/c1-5-30-24(29)22-17(4)26(19-11-9-15(2)10-12-19)21(27)14-20(22)23(28)25-18-8-6-7-16(3)13-18/h6-13,20H,5,14H2,1-4H3,(H,25,28)/t20-/m1/s1. The number of carbonyl (C=O) groups is 3. The molecule has 1 N–H and O–H groups in total. The summed E-state index contributed by atoms with van der Waals surface area (Å²) in [6.45, 7) is 7.45.